The molecule has 0 aliphatic heterocycles. The molecule has 0 spiro atoms. The number of allylic oxidation sites excluding steroid dienone is 1. The van der Waals surface area contributed by atoms with Crippen molar-refractivity contribution >= 4 is 28.6 Å². The van der Waals surface area contributed by atoms with Gasteiger partial charge in [0, 0.05) is 11.0 Å². The summed E-state index contributed by atoms with van der Waals surface area (Å²) in [6.45, 7) is 0. The summed E-state index contributed by atoms with van der Waals surface area (Å²) in [4.78, 5) is 11.4. The van der Waals surface area contributed by atoms with Crippen LogP contribution in [0.25, 0.3) is 0 Å². The highest BCUT2D eigenvalue weighted by molar-refractivity contribution is 8.02. The molecule has 0 radical (unpaired) electrons. The van der Waals surface area contributed by atoms with E-state index in [2.05, 4.69) is 0 Å². The fourth-order valence-corrected chi connectivity index (χ4v) is 1.47. The van der Waals surface area contributed by atoms with E-state index in [-0.39, 0.29) is 0 Å². The average Bonchev–Trinajstić information content (AvgIpc) is 2.05. The molecule has 0 atom stereocenters. The third-order valence-electron chi connectivity index (χ3n) is 1.15. The Bertz CT molecular complexity index is 282. The Morgan fingerprint density at radius 1 is 1.33 bits per heavy atom. The van der Waals surface area contributed by atoms with Crippen LogP contribution in [0.4, 0.5) is 0 Å². The van der Waals surface area contributed by atoms with Gasteiger partial charge in [0.15, 0.2) is 0 Å². The number of hydrogen-bond acceptors (Lipinski definition) is 2. The van der Waals surface area contributed by atoms with Crippen LogP contribution in [0.2, 0.25) is 0 Å². The minimum atomic E-state index is -0.446. The molecule has 62 valence electrons. The van der Waals surface area contributed by atoms with Crippen LogP contribution in [0.1, 0.15) is 0 Å². The molecule has 0 N–H and O–H groups in total. The second-order valence-electron chi connectivity index (χ2n) is 2.04. The van der Waals surface area contributed by atoms with E-state index in [0.717, 1.165) is 4.90 Å². The lowest BCUT2D eigenvalue weighted by Crippen LogP contribution is -1.72. The third-order valence-corrected chi connectivity index (χ3v) is 2.09. The van der Waals surface area contributed by atoms with Gasteiger partial charge in [0.05, 0.1) is 0 Å². The zero-order valence-electron chi connectivity index (χ0n) is 6.24. The monoisotopic (exact) mass is 198 g/mol. The highest BCUT2D eigenvalue weighted by Crippen LogP contribution is 2.17. The van der Waals surface area contributed by atoms with Crippen LogP contribution in [-0.2, 0) is 4.79 Å². The van der Waals surface area contributed by atoms with Crippen molar-refractivity contribution in [2.24, 2.45) is 0 Å². The van der Waals surface area contributed by atoms with Crippen LogP contribution < -0.4 is 0 Å². The van der Waals surface area contributed by atoms with Gasteiger partial charge in [0.1, 0.15) is 0 Å². The van der Waals surface area contributed by atoms with Crippen molar-refractivity contribution in [1.29, 1.82) is 0 Å². The van der Waals surface area contributed by atoms with Gasteiger partial charge in [-0.15, -0.1) is 0 Å². The molecule has 1 rings (SSSR count). The van der Waals surface area contributed by atoms with Crippen LogP contribution in [0.3, 0.4) is 0 Å². The van der Waals surface area contributed by atoms with Gasteiger partial charge in [0.2, 0.25) is 5.24 Å². The molecule has 0 amide bonds. The molecule has 3 heteroatoms. The second kappa shape index (κ2) is 5.01. The number of carbonyl (C=O) groups is 1. The molecule has 1 nitrogen and oxygen atoms in total. The van der Waals surface area contributed by atoms with Crippen molar-refractivity contribution in [1.82, 2.24) is 0 Å². The highest BCUT2D eigenvalue weighted by Gasteiger charge is 1.88. The van der Waals surface area contributed by atoms with Crippen LogP contribution >= 0.6 is 23.4 Å². The van der Waals surface area contributed by atoms with Gasteiger partial charge in [-0.1, -0.05) is 30.0 Å². The largest absolute Gasteiger partial charge is 0.276 e. The first kappa shape index (κ1) is 9.36. The molecule has 0 heterocycles. The minimum absolute atomic E-state index is 0.446. The van der Waals surface area contributed by atoms with E-state index < -0.39 is 5.24 Å². The first-order chi connectivity index (χ1) is 5.79. The first-order valence-corrected chi connectivity index (χ1v) is 4.62. The van der Waals surface area contributed by atoms with Crippen LogP contribution in [-0.4, -0.2) is 5.24 Å². The van der Waals surface area contributed by atoms with E-state index in [4.69, 9.17) is 11.6 Å². The quantitative estimate of drug-likeness (QED) is 0.422. The Balaban J connectivity index is 2.49. The number of carbonyl (C=O) groups excluding carboxylic acids is 1. The van der Waals surface area contributed by atoms with Gasteiger partial charge >= 0.3 is 0 Å². The average molecular weight is 199 g/mol. The lowest BCUT2D eigenvalue weighted by atomic mass is 10.4. The summed E-state index contributed by atoms with van der Waals surface area (Å²) < 4.78 is 0. The third kappa shape index (κ3) is 3.60. The zero-order chi connectivity index (χ0) is 8.81. The van der Waals surface area contributed by atoms with Gasteiger partial charge in [-0.2, -0.15) is 0 Å². The number of hydrogen-bond donors (Lipinski definition) is 0. The molecule has 0 fully saturated rings. The number of halogens is 1. The summed E-state index contributed by atoms with van der Waals surface area (Å²) >= 11 is 6.57. The molecule has 0 aromatic heterocycles. The Labute approximate surface area is 80.4 Å². The fourth-order valence-electron chi connectivity index (χ4n) is 0.665. The van der Waals surface area contributed by atoms with Crippen molar-refractivity contribution in [3.8, 4) is 0 Å². The van der Waals surface area contributed by atoms with Crippen LogP contribution in [0.5, 0.6) is 0 Å². The second-order valence-corrected chi connectivity index (χ2v) is 3.39. The van der Waals surface area contributed by atoms with E-state index in [9.17, 15) is 4.79 Å². The fraction of sp³-hybridized carbons (Fsp3) is 0. The van der Waals surface area contributed by atoms with Crippen LogP contribution in [0.15, 0.2) is 46.7 Å². The number of thioether (sulfide) groups is 1. The maximum Gasteiger partial charge on any atom is 0.245 e. The van der Waals surface area contributed by atoms with Gasteiger partial charge in [-0.05, 0) is 29.1 Å². The van der Waals surface area contributed by atoms with Gasteiger partial charge in [-0.3, -0.25) is 4.79 Å². The standard InChI is InChI=1S/C9H7ClOS/c10-9(11)6-7-12-8-4-2-1-3-5-8/h1-7H. The van der Waals surface area contributed by atoms with E-state index in [1.54, 1.807) is 5.41 Å². The summed E-state index contributed by atoms with van der Waals surface area (Å²) in [6.07, 6.45) is 1.33. The molecule has 1 aromatic rings. The van der Waals surface area contributed by atoms with Crippen molar-refractivity contribution in [3.63, 3.8) is 0 Å². The summed E-state index contributed by atoms with van der Waals surface area (Å²) in [5, 5.41) is 1.23. The molecular formula is C9H7ClOS. The summed E-state index contributed by atoms with van der Waals surface area (Å²) in [5.74, 6) is 0. The topological polar surface area (TPSA) is 17.1 Å². The van der Waals surface area contributed by atoms with Crippen molar-refractivity contribution < 1.29 is 4.79 Å². The van der Waals surface area contributed by atoms with E-state index in [0.29, 0.717) is 0 Å². The molecule has 0 saturated heterocycles. The minimum Gasteiger partial charge on any atom is -0.276 e. The maximum absolute atomic E-state index is 10.3. The van der Waals surface area contributed by atoms with Crippen molar-refractivity contribution in [3.05, 3.63) is 41.8 Å². The van der Waals surface area contributed by atoms with Crippen molar-refractivity contribution in [2.45, 2.75) is 4.90 Å². The lowest BCUT2D eigenvalue weighted by molar-refractivity contribution is -0.107. The summed E-state index contributed by atoms with van der Waals surface area (Å²) in [5.41, 5.74) is 0. The number of rotatable bonds is 3. The van der Waals surface area contributed by atoms with Gasteiger partial charge in [-0.25, -0.2) is 0 Å². The van der Waals surface area contributed by atoms with Gasteiger partial charge in [0.25, 0.3) is 0 Å². The first-order valence-electron chi connectivity index (χ1n) is 3.37. The molecule has 1 aromatic carbocycles. The van der Waals surface area contributed by atoms with Gasteiger partial charge < -0.3 is 0 Å². The Hall–Kier alpha value is -0.730. The SMILES string of the molecule is O=C(Cl)C=CSc1ccccc1. The molecule has 0 unspecified atom stereocenters. The Morgan fingerprint density at radius 2 is 2.00 bits per heavy atom. The highest BCUT2D eigenvalue weighted by atomic mass is 35.5. The Kier molecular flexibility index (Phi) is 3.91. The zero-order valence-corrected chi connectivity index (χ0v) is 7.81. The molecule has 12 heavy (non-hydrogen) atoms. The van der Waals surface area contributed by atoms with Crippen LogP contribution in [0, 0.1) is 0 Å². The predicted octanol–water partition coefficient (Wildman–Crippen LogP) is 3.06. The Morgan fingerprint density at radius 3 is 2.58 bits per heavy atom. The molecule has 0 aliphatic rings. The van der Waals surface area contributed by atoms with E-state index >= 15 is 0 Å². The van der Waals surface area contributed by atoms with Crippen molar-refractivity contribution in [2.75, 3.05) is 0 Å². The van der Waals surface area contributed by atoms with E-state index in [1.165, 1.54) is 17.8 Å². The summed E-state index contributed by atoms with van der Waals surface area (Å²) in [6, 6.07) is 9.76. The lowest BCUT2D eigenvalue weighted by Gasteiger charge is -1.91. The molecule has 0 saturated carbocycles. The molecule has 0 aliphatic carbocycles. The normalized spacial score (nSPS) is 10.4. The smallest absolute Gasteiger partial charge is 0.245 e. The molecular weight excluding hydrogens is 192 g/mol. The summed E-state index contributed by atoms with van der Waals surface area (Å²) in [7, 11) is 0. The molecule has 0 bridgehead atoms. The number of benzene rings is 1. The predicted molar refractivity (Wildman–Crippen MR) is 52.3 cm³/mol. The van der Waals surface area contributed by atoms with E-state index in [1.807, 2.05) is 30.3 Å². The maximum atomic E-state index is 10.3.